The van der Waals surface area contributed by atoms with E-state index in [2.05, 4.69) is 21.2 Å². The lowest BCUT2D eigenvalue weighted by atomic mass is 10.1. The third-order valence-electron chi connectivity index (χ3n) is 2.81. The lowest BCUT2D eigenvalue weighted by molar-refractivity contribution is 0.352. The van der Waals surface area contributed by atoms with Gasteiger partial charge in [-0.1, -0.05) is 28.1 Å². The fourth-order valence-corrected chi connectivity index (χ4v) is 2.12. The first-order valence-corrected chi connectivity index (χ1v) is 6.73. The van der Waals surface area contributed by atoms with Crippen molar-refractivity contribution in [3.63, 3.8) is 0 Å². The molecule has 19 heavy (non-hydrogen) atoms. The van der Waals surface area contributed by atoms with Crippen LogP contribution in [0.3, 0.4) is 0 Å². The van der Waals surface area contributed by atoms with Gasteiger partial charge in [-0.15, -0.1) is 0 Å². The quantitative estimate of drug-likeness (QED) is 0.900. The van der Waals surface area contributed by atoms with E-state index in [-0.39, 0.29) is 0 Å². The summed E-state index contributed by atoms with van der Waals surface area (Å²) in [7, 11) is 3.30. The third kappa shape index (κ3) is 3.41. The van der Waals surface area contributed by atoms with Crippen molar-refractivity contribution in [2.45, 2.75) is 6.54 Å². The highest BCUT2D eigenvalue weighted by molar-refractivity contribution is 9.10. The number of anilines is 1. The van der Waals surface area contributed by atoms with Crippen LogP contribution in [-0.4, -0.2) is 14.2 Å². The Morgan fingerprint density at radius 2 is 1.74 bits per heavy atom. The maximum atomic E-state index is 5.40. The molecule has 0 aromatic heterocycles. The van der Waals surface area contributed by atoms with Gasteiger partial charge in [0.05, 0.1) is 14.2 Å². The highest BCUT2D eigenvalue weighted by atomic mass is 79.9. The van der Waals surface area contributed by atoms with Gasteiger partial charge < -0.3 is 14.8 Å². The molecule has 0 atom stereocenters. The topological polar surface area (TPSA) is 30.5 Å². The van der Waals surface area contributed by atoms with E-state index in [1.807, 2.05) is 42.5 Å². The molecule has 3 nitrogen and oxygen atoms in total. The summed E-state index contributed by atoms with van der Waals surface area (Å²) < 4.78 is 11.8. The molecule has 0 aliphatic carbocycles. The monoisotopic (exact) mass is 321 g/mol. The number of methoxy groups -OCH3 is 2. The molecule has 0 fully saturated rings. The van der Waals surface area contributed by atoms with Crippen molar-refractivity contribution in [3.8, 4) is 11.5 Å². The Bertz CT molecular complexity index is 540. The second-order valence-corrected chi connectivity index (χ2v) is 4.93. The van der Waals surface area contributed by atoms with Crippen LogP contribution >= 0.6 is 15.9 Å². The van der Waals surface area contributed by atoms with Crippen molar-refractivity contribution in [1.29, 1.82) is 0 Å². The van der Waals surface area contributed by atoms with Crippen molar-refractivity contribution in [3.05, 3.63) is 52.5 Å². The number of hydrogen-bond acceptors (Lipinski definition) is 3. The molecular formula is C15H16BrNO2. The predicted octanol–water partition coefficient (Wildman–Crippen LogP) is 4.08. The minimum absolute atomic E-state index is 0.683. The molecule has 0 aliphatic heterocycles. The van der Waals surface area contributed by atoms with Crippen molar-refractivity contribution in [2.24, 2.45) is 0 Å². The van der Waals surface area contributed by atoms with Crippen LogP contribution < -0.4 is 14.8 Å². The van der Waals surface area contributed by atoms with E-state index in [1.54, 1.807) is 14.2 Å². The number of ether oxygens (including phenoxy) is 2. The van der Waals surface area contributed by atoms with Gasteiger partial charge in [0.2, 0.25) is 0 Å². The molecule has 0 radical (unpaired) electrons. The fourth-order valence-electron chi connectivity index (χ4n) is 1.86. The molecule has 0 heterocycles. The molecule has 2 rings (SSSR count). The highest BCUT2D eigenvalue weighted by Crippen LogP contribution is 2.31. The van der Waals surface area contributed by atoms with Crippen LogP contribution in [0, 0.1) is 0 Å². The summed E-state index contributed by atoms with van der Waals surface area (Å²) in [5, 5.41) is 3.36. The molecule has 0 aliphatic rings. The summed E-state index contributed by atoms with van der Waals surface area (Å²) in [6.45, 7) is 0.683. The van der Waals surface area contributed by atoms with Crippen molar-refractivity contribution >= 4 is 21.6 Å². The molecule has 1 N–H and O–H groups in total. The Balaban J connectivity index is 2.13. The van der Waals surface area contributed by atoms with Crippen LogP contribution in [0.1, 0.15) is 5.56 Å². The predicted molar refractivity (Wildman–Crippen MR) is 81.0 cm³/mol. The lowest BCUT2D eigenvalue weighted by Crippen LogP contribution is -2.02. The van der Waals surface area contributed by atoms with Gasteiger partial charge in [0.1, 0.15) is 0 Å². The van der Waals surface area contributed by atoms with Gasteiger partial charge in [-0.05, 0) is 30.3 Å². The Labute approximate surface area is 121 Å². The lowest BCUT2D eigenvalue weighted by Gasteiger charge is -2.13. The Morgan fingerprint density at radius 3 is 2.37 bits per heavy atom. The number of rotatable bonds is 5. The van der Waals surface area contributed by atoms with E-state index in [0.29, 0.717) is 6.54 Å². The molecule has 2 aromatic rings. The van der Waals surface area contributed by atoms with Gasteiger partial charge in [0, 0.05) is 22.3 Å². The third-order valence-corrected chi connectivity index (χ3v) is 3.34. The van der Waals surface area contributed by atoms with E-state index in [1.165, 1.54) is 0 Å². The Morgan fingerprint density at radius 1 is 1.00 bits per heavy atom. The van der Waals surface area contributed by atoms with Gasteiger partial charge in [0.15, 0.2) is 11.5 Å². The average Bonchev–Trinajstić information content (AvgIpc) is 2.46. The first-order valence-electron chi connectivity index (χ1n) is 5.94. The molecule has 0 amide bonds. The largest absolute Gasteiger partial charge is 0.493 e. The molecule has 100 valence electrons. The number of nitrogens with one attached hydrogen (secondary N) is 1. The molecule has 0 bridgehead atoms. The molecule has 0 spiro atoms. The maximum Gasteiger partial charge on any atom is 0.165 e. The summed E-state index contributed by atoms with van der Waals surface area (Å²) in [6, 6.07) is 13.9. The summed E-state index contributed by atoms with van der Waals surface area (Å²) in [6.07, 6.45) is 0. The minimum atomic E-state index is 0.683. The molecule has 2 aromatic carbocycles. The van der Waals surface area contributed by atoms with Gasteiger partial charge >= 0.3 is 0 Å². The second-order valence-electron chi connectivity index (χ2n) is 4.01. The minimum Gasteiger partial charge on any atom is -0.493 e. The average molecular weight is 322 g/mol. The summed E-state index contributed by atoms with van der Waals surface area (Å²) >= 11 is 3.42. The van der Waals surface area contributed by atoms with E-state index in [0.717, 1.165) is 27.2 Å². The van der Waals surface area contributed by atoms with Gasteiger partial charge in [-0.2, -0.15) is 0 Å². The Kier molecular flexibility index (Phi) is 4.68. The zero-order valence-electron chi connectivity index (χ0n) is 10.9. The van der Waals surface area contributed by atoms with Crippen molar-refractivity contribution in [1.82, 2.24) is 0 Å². The molecule has 0 unspecified atom stereocenters. The number of benzene rings is 2. The smallest absolute Gasteiger partial charge is 0.165 e. The standard InChI is InChI=1S/C15H16BrNO2/c1-18-14-5-3-4-11(15(14)19-2)10-17-13-8-6-12(16)7-9-13/h3-9,17H,10H2,1-2H3. The number of para-hydroxylation sites is 1. The molecule has 0 saturated heterocycles. The van der Waals surface area contributed by atoms with Crippen LogP contribution in [0.5, 0.6) is 11.5 Å². The summed E-state index contributed by atoms with van der Waals surface area (Å²) in [5.74, 6) is 1.52. The van der Waals surface area contributed by atoms with Crippen molar-refractivity contribution < 1.29 is 9.47 Å². The van der Waals surface area contributed by atoms with E-state index in [4.69, 9.17) is 9.47 Å². The van der Waals surface area contributed by atoms with E-state index in [9.17, 15) is 0 Å². The van der Waals surface area contributed by atoms with Crippen LogP contribution in [0.25, 0.3) is 0 Å². The van der Waals surface area contributed by atoms with Crippen LogP contribution in [-0.2, 0) is 6.54 Å². The van der Waals surface area contributed by atoms with E-state index >= 15 is 0 Å². The Hall–Kier alpha value is -1.68. The molecule has 4 heteroatoms. The van der Waals surface area contributed by atoms with Gasteiger partial charge in [-0.3, -0.25) is 0 Å². The summed E-state index contributed by atoms with van der Waals surface area (Å²) in [4.78, 5) is 0. The summed E-state index contributed by atoms with van der Waals surface area (Å²) in [5.41, 5.74) is 2.12. The first kappa shape index (κ1) is 13.7. The molecule has 0 saturated carbocycles. The van der Waals surface area contributed by atoms with E-state index < -0.39 is 0 Å². The number of halogens is 1. The van der Waals surface area contributed by atoms with Gasteiger partial charge in [-0.25, -0.2) is 0 Å². The maximum absolute atomic E-state index is 5.40. The van der Waals surface area contributed by atoms with Crippen LogP contribution in [0.2, 0.25) is 0 Å². The second kappa shape index (κ2) is 6.48. The normalized spacial score (nSPS) is 10.1. The molecular weight excluding hydrogens is 306 g/mol. The first-order chi connectivity index (χ1) is 9.24. The van der Waals surface area contributed by atoms with Crippen molar-refractivity contribution in [2.75, 3.05) is 19.5 Å². The van der Waals surface area contributed by atoms with Crippen LogP contribution in [0.15, 0.2) is 46.9 Å². The zero-order valence-corrected chi connectivity index (χ0v) is 12.5. The fraction of sp³-hybridized carbons (Fsp3) is 0.200. The SMILES string of the molecule is COc1cccc(CNc2ccc(Br)cc2)c1OC. The van der Waals surface area contributed by atoms with Gasteiger partial charge in [0.25, 0.3) is 0 Å². The van der Waals surface area contributed by atoms with Crippen LogP contribution in [0.4, 0.5) is 5.69 Å². The zero-order chi connectivity index (χ0) is 13.7. The highest BCUT2D eigenvalue weighted by Gasteiger charge is 2.08. The number of hydrogen-bond donors (Lipinski definition) is 1.